The fourth-order valence-electron chi connectivity index (χ4n) is 2.82. The minimum absolute atomic E-state index is 0.00272. The SMILES string of the molecule is CCCOc1ccc(-c2csc(NC(=O)c3cc4cc([N+](=O)[O-])ccc4s3)n2)cc1. The third-order valence-electron chi connectivity index (χ3n) is 4.28. The van der Waals surface area contributed by atoms with Crippen molar-refractivity contribution in [3.05, 3.63) is 68.9 Å². The fourth-order valence-corrected chi connectivity index (χ4v) is 4.47. The molecular weight excluding hydrogens is 422 g/mol. The van der Waals surface area contributed by atoms with E-state index < -0.39 is 4.92 Å². The van der Waals surface area contributed by atoms with Gasteiger partial charge in [0.15, 0.2) is 5.13 Å². The first-order valence-corrected chi connectivity index (χ1v) is 10.9. The van der Waals surface area contributed by atoms with Crippen molar-refractivity contribution in [2.75, 3.05) is 11.9 Å². The van der Waals surface area contributed by atoms with Crippen LogP contribution in [0.25, 0.3) is 21.3 Å². The number of thiazole rings is 1. The fraction of sp³-hybridized carbons (Fsp3) is 0.143. The number of nitrogens with one attached hydrogen (secondary N) is 1. The summed E-state index contributed by atoms with van der Waals surface area (Å²) in [5.41, 5.74) is 1.71. The summed E-state index contributed by atoms with van der Waals surface area (Å²) in [4.78, 5) is 28.0. The van der Waals surface area contributed by atoms with Crippen molar-refractivity contribution in [3.8, 4) is 17.0 Å². The van der Waals surface area contributed by atoms with Gasteiger partial charge in [-0.2, -0.15) is 0 Å². The number of benzene rings is 2. The van der Waals surface area contributed by atoms with Gasteiger partial charge >= 0.3 is 0 Å². The molecule has 0 saturated carbocycles. The summed E-state index contributed by atoms with van der Waals surface area (Å²) in [6.45, 7) is 2.74. The van der Waals surface area contributed by atoms with Crippen LogP contribution < -0.4 is 10.1 Å². The van der Waals surface area contributed by atoms with E-state index in [0.29, 0.717) is 22.0 Å². The van der Waals surface area contributed by atoms with E-state index >= 15 is 0 Å². The Bertz CT molecular complexity index is 1210. The Kier molecular flexibility index (Phi) is 5.73. The first-order valence-electron chi connectivity index (χ1n) is 9.21. The number of thiophene rings is 1. The molecule has 30 heavy (non-hydrogen) atoms. The highest BCUT2D eigenvalue weighted by atomic mass is 32.1. The smallest absolute Gasteiger partial charge is 0.270 e. The molecule has 7 nitrogen and oxygen atoms in total. The third kappa shape index (κ3) is 4.32. The Morgan fingerprint density at radius 1 is 1.20 bits per heavy atom. The molecular formula is C21H17N3O4S2. The predicted octanol–water partition coefficient (Wildman–Crippen LogP) is 5.97. The van der Waals surface area contributed by atoms with Crippen LogP contribution >= 0.6 is 22.7 Å². The molecule has 152 valence electrons. The van der Waals surface area contributed by atoms with E-state index in [4.69, 9.17) is 4.74 Å². The summed E-state index contributed by atoms with van der Waals surface area (Å²) in [7, 11) is 0. The molecule has 0 aliphatic rings. The zero-order chi connectivity index (χ0) is 21.1. The molecule has 0 bridgehead atoms. The Hall–Kier alpha value is -3.30. The summed E-state index contributed by atoms with van der Waals surface area (Å²) in [5, 5.41) is 16.8. The summed E-state index contributed by atoms with van der Waals surface area (Å²) in [6.07, 6.45) is 0.952. The second-order valence-electron chi connectivity index (χ2n) is 6.45. The summed E-state index contributed by atoms with van der Waals surface area (Å²) in [6, 6.07) is 13.9. The lowest BCUT2D eigenvalue weighted by Gasteiger charge is -2.04. The molecule has 1 amide bonds. The molecule has 0 aliphatic carbocycles. The lowest BCUT2D eigenvalue weighted by atomic mass is 10.2. The lowest BCUT2D eigenvalue weighted by molar-refractivity contribution is -0.384. The van der Waals surface area contributed by atoms with Crippen molar-refractivity contribution >= 4 is 49.5 Å². The number of ether oxygens (including phenoxy) is 1. The zero-order valence-corrected chi connectivity index (χ0v) is 17.6. The van der Waals surface area contributed by atoms with E-state index in [1.165, 1.54) is 34.8 Å². The number of nitro groups is 1. The topological polar surface area (TPSA) is 94.4 Å². The number of non-ortho nitro benzene ring substituents is 1. The van der Waals surface area contributed by atoms with Crippen molar-refractivity contribution in [3.63, 3.8) is 0 Å². The molecule has 4 rings (SSSR count). The maximum atomic E-state index is 12.6. The molecule has 0 radical (unpaired) electrons. The van der Waals surface area contributed by atoms with Crippen LogP contribution in [0, 0.1) is 10.1 Å². The Labute approximate surface area is 180 Å². The van der Waals surface area contributed by atoms with Gasteiger partial charge in [0.05, 0.1) is 22.1 Å². The number of amides is 1. The normalized spacial score (nSPS) is 10.8. The van der Waals surface area contributed by atoms with Gasteiger partial charge in [-0.25, -0.2) is 4.98 Å². The van der Waals surface area contributed by atoms with E-state index in [9.17, 15) is 14.9 Å². The average Bonchev–Trinajstić information content (AvgIpc) is 3.39. The highest BCUT2D eigenvalue weighted by Gasteiger charge is 2.15. The number of carbonyl (C=O) groups is 1. The molecule has 0 saturated heterocycles. The van der Waals surface area contributed by atoms with Crippen LogP contribution in [0.5, 0.6) is 5.75 Å². The lowest BCUT2D eigenvalue weighted by Crippen LogP contribution is -2.09. The van der Waals surface area contributed by atoms with Gasteiger partial charge in [-0.3, -0.25) is 20.2 Å². The molecule has 9 heteroatoms. The van der Waals surface area contributed by atoms with Crippen molar-refractivity contribution in [1.82, 2.24) is 4.98 Å². The van der Waals surface area contributed by atoms with Gasteiger partial charge in [0.25, 0.3) is 11.6 Å². The van der Waals surface area contributed by atoms with Crippen LogP contribution in [0.15, 0.2) is 53.9 Å². The van der Waals surface area contributed by atoms with Crippen molar-refractivity contribution in [1.29, 1.82) is 0 Å². The van der Waals surface area contributed by atoms with Crippen LogP contribution in [0.2, 0.25) is 0 Å². The van der Waals surface area contributed by atoms with E-state index in [1.807, 2.05) is 29.6 Å². The largest absolute Gasteiger partial charge is 0.494 e. The minimum Gasteiger partial charge on any atom is -0.494 e. The highest BCUT2D eigenvalue weighted by molar-refractivity contribution is 7.21. The van der Waals surface area contributed by atoms with Gasteiger partial charge in [0, 0.05) is 33.2 Å². The number of fused-ring (bicyclic) bond motifs is 1. The van der Waals surface area contributed by atoms with Gasteiger partial charge in [0.2, 0.25) is 0 Å². The van der Waals surface area contributed by atoms with Gasteiger partial charge < -0.3 is 4.74 Å². The molecule has 2 heterocycles. The minimum atomic E-state index is -0.448. The molecule has 0 unspecified atom stereocenters. The Morgan fingerprint density at radius 3 is 2.73 bits per heavy atom. The van der Waals surface area contributed by atoms with E-state index in [-0.39, 0.29) is 11.6 Å². The van der Waals surface area contributed by atoms with Gasteiger partial charge in [-0.1, -0.05) is 6.92 Å². The molecule has 2 aromatic heterocycles. The van der Waals surface area contributed by atoms with Crippen LogP contribution in [-0.2, 0) is 0 Å². The number of anilines is 1. The van der Waals surface area contributed by atoms with Crippen molar-refractivity contribution in [2.24, 2.45) is 0 Å². The summed E-state index contributed by atoms with van der Waals surface area (Å²) < 4.78 is 6.40. The number of rotatable bonds is 7. The molecule has 1 N–H and O–H groups in total. The van der Waals surface area contributed by atoms with Gasteiger partial charge in [0.1, 0.15) is 5.75 Å². The monoisotopic (exact) mass is 439 g/mol. The summed E-state index contributed by atoms with van der Waals surface area (Å²) >= 11 is 2.62. The summed E-state index contributed by atoms with van der Waals surface area (Å²) in [5.74, 6) is 0.525. The van der Waals surface area contributed by atoms with Crippen LogP contribution in [0.3, 0.4) is 0 Å². The standard InChI is InChI=1S/C21H17N3O4S2/c1-2-9-28-16-6-3-13(4-7-16)17-12-29-21(22-17)23-20(25)19-11-14-10-15(24(26)27)5-8-18(14)30-19/h3-8,10-12H,2,9H2,1H3,(H,22,23,25). The number of carbonyl (C=O) groups excluding carboxylic acids is 1. The second kappa shape index (κ2) is 8.60. The van der Waals surface area contributed by atoms with Crippen LogP contribution in [-0.4, -0.2) is 22.4 Å². The Morgan fingerprint density at radius 2 is 2.00 bits per heavy atom. The number of aromatic nitrogens is 1. The quantitative estimate of drug-likeness (QED) is 0.283. The van der Waals surface area contributed by atoms with Crippen LogP contribution in [0.4, 0.5) is 10.8 Å². The molecule has 0 fully saturated rings. The highest BCUT2D eigenvalue weighted by Crippen LogP contribution is 2.31. The third-order valence-corrected chi connectivity index (χ3v) is 6.15. The number of nitrogens with zero attached hydrogens (tertiary/aromatic N) is 2. The number of hydrogen-bond donors (Lipinski definition) is 1. The second-order valence-corrected chi connectivity index (χ2v) is 8.40. The molecule has 0 aliphatic heterocycles. The first-order chi connectivity index (χ1) is 14.5. The molecule has 4 aromatic rings. The molecule has 0 atom stereocenters. The van der Waals surface area contributed by atoms with Crippen LogP contribution in [0.1, 0.15) is 23.0 Å². The maximum Gasteiger partial charge on any atom is 0.270 e. The number of hydrogen-bond acceptors (Lipinski definition) is 7. The van der Waals surface area contributed by atoms with Gasteiger partial charge in [-0.05, 0) is 42.8 Å². The van der Waals surface area contributed by atoms with E-state index in [2.05, 4.69) is 17.2 Å². The molecule has 2 aromatic carbocycles. The predicted molar refractivity (Wildman–Crippen MR) is 120 cm³/mol. The van der Waals surface area contributed by atoms with E-state index in [1.54, 1.807) is 12.1 Å². The number of nitro benzene ring substituents is 1. The van der Waals surface area contributed by atoms with Crippen molar-refractivity contribution < 1.29 is 14.5 Å². The zero-order valence-electron chi connectivity index (χ0n) is 16.0. The maximum absolute atomic E-state index is 12.6. The average molecular weight is 440 g/mol. The Balaban J connectivity index is 1.47. The first kappa shape index (κ1) is 20.0. The van der Waals surface area contributed by atoms with Gasteiger partial charge in [-0.15, -0.1) is 22.7 Å². The molecule has 0 spiro atoms. The van der Waals surface area contributed by atoms with E-state index in [0.717, 1.165) is 28.1 Å². The van der Waals surface area contributed by atoms with Crippen molar-refractivity contribution in [2.45, 2.75) is 13.3 Å².